The molecule has 2 saturated heterocycles. The maximum atomic E-state index is 12.0. The van der Waals surface area contributed by atoms with Crippen LogP contribution in [0, 0.1) is 0 Å². The fourth-order valence-corrected chi connectivity index (χ4v) is 3.40. The van der Waals surface area contributed by atoms with Crippen molar-refractivity contribution in [1.29, 1.82) is 0 Å². The van der Waals surface area contributed by atoms with E-state index in [4.69, 9.17) is 0 Å². The van der Waals surface area contributed by atoms with Crippen molar-refractivity contribution in [3.63, 3.8) is 0 Å². The van der Waals surface area contributed by atoms with Gasteiger partial charge >= 0.3 is 0 Å². The number of amides is 1. The smallest absolute Gasteiger partial charge is 0.236 e. The molecule has 1 amide bonds. The number of thioether (sulfide) groups is 1. The summed E-state index contributed by atoms with van der Waals surface area (Å²) in [4.78, 5) is 18.7. The van der Waals surface area contributed by atoms with E-state index in [1.807, 2.05) is 16.7 Å². The van der Waals surface area contributed by atoms with Gasteiger partial charge in [0.05, 0.1) is 6.54 Å². The SMILES string of the molecule is CN1CCN(C(=O)CNCCN2CCSCC2)CC1. The highest BCUT2D eigenvalue weighted by atomic mass is 32.2. The molecule has 0 aromatic rings. The van der Waals surface area contributed by atoms with Crippen molar-refractivity contribution >= 4 is 17.7 Å². The van der Waals surface area contributed by atoms with Crippen molar-refractivity contribution in [3.8, 4) is 0 Å². The fraction of sp³-hybridized carbons (Fsp3) is 0.923. The molecule has 0 bridgehead atoms. The molecule has 0 radical (unpaired) electrons. The molecular weight excluding hydrogens is 260 g/mol. The zero-order valence-electron chi connectivity index (χ0n) is 11.9. The standard InChI is InChI=1S/C13H26N4OS/c1-15-4-6-17(7-5-15)13(18)12-14-2-3-16-8-10-19-11-9-16/h14H,2-12H2,1H3. The van der Waals surface area contributed by atoms with Gasteiger partial charge in [-0.15, -0.1) is 0 Å². The van der Waals surface area contributed by atoms with Gasteiger partial charge in [0.15, 0.2) is 0 Å². The van der Waals surface area contributed by atoms with E-state index in [-0.39, 0.29) is 5.91 Å². The summed E-state index contributed by atoms with van der Waals surface area (Å²) in [6.45, 7) is 8.61. The van der Waals surface area contributed by atoms with E-state index in [0.29, 0.717) is 6.54 Å². The molecular formula is C13H26N4OS. The van der Waals surface area contributed by atoms with Crippen LogP contribution in [0.15, 0.2) is 0 Å². The minimum absolute atomic E-state index is 0.252. The Labute approximate surface area is 120 Å². The van der Waals surface area contributed by atoms with Gasteiger partial charge in [-0.05, 0) is 7.05 Å². The Hall–Kier alpha value is -0.300. The van der Waals surface area contributed by atoms with E-state index in [1.54, 1.807) is 0 Å². The summed E-state index contributed by atoms with van der Waals surface area (Å²) >= 11 is 2.03. The highest BCUT2D eigenvalue weighted by molar-refractivity contribution is 7.99. The Bertz CT molecular complexity index is 276. The molecule has 0 aromatic carbocycles. The number of rotatable bonds is 5. The van der Waals surface area contributed by atoms with Crippen molar-refractivity contribution in [2.75, 3.05) is 77.5 Å². The average Bonchev–Trinajstić information content (AvgIpc) is 2.45. The second-order valence-electron chi connectivity index (χ2n) is 5.31. The van der Waals surface area contributed by atoms with Crippen molar-refractivity contribution in [1.82, 2.24) is 20.0 Å². The van der Waals surface area contributed by atoms with Crippen LogP contribution in [0.25, 0.3) is 0 Å². The maximum Gasteiger partial charge on any atom is 0.236 e. The summed E-state index contributed by atoms with van der Waals surface area (Å²) < 4.78 is 0. The van der Waals surface area contributed by atoms with Crippen LogP contribution in [0.5, 0.6) is 0 Å². The van der Waals surface area contributed by atoms with Gasteiger partial charge in [0.2, 0.25) is 5.91 Å². The van der Waals surface area contributed by atoms with E-state index in [9.17, 15) is 4.79 Å². The first-order valence-corrected chi connectivity index (χ1v) is 8.38. The minimum atomic E-state index is 0.252. The fourth-order valence-electron chi connectivity index (χ4n) is 2.42. The molecule has 1 N–H and O–H groups in total. The van der Waals surface area contributed by atoms with Crippen molar-refractivity contribution in [3.05, 3.63) is 0 Å². The molecule has 6 heteroatoms. The second kappa shape index (κ2) is 8.09. The van der Waals surface area contributed by atoms with E-state index in [0.717, 1.165) is 39.3 Å². The number of carbonyl (C=O) groups is 1. The average molecular weight is 286 g/mol. The van der Waals surface area contributed by atoms with Gasteiger partial charge in [0.25, 0.3) is 0 Å². The Morgan fingerprint density at radius 3 is 2.47 bits per heavy atom. The van der Waals surface area contributed by atoms with E-state index < -0.39 is 0 Å². The normalized spacial score (nSPS) is 22.7. The van der Waals surface area contributed by atoms with E-state index in [2.05, 4.69) is 22.2 Å². The lowest BCUT2D eigenvalue weighted by Crippen LogP contribution is -2.50. The molecule has 0 atom stereocenters. The molecule has 0 unspecified atom stereocenters. The molecule has 110 valence electrons. The lowest BCUT2D eigenvalue weighted by molar-refractivity contribution is -0.131. The Morgan fingerprint density at radius 2 is 1.79 bits per heavy atom. The molecule has 2 rings (SSSR count). The first-order valence-electron chi connectivity index (χ1n) is 7.23. The highest BCUT2D eigenvalue weighted by Gasteiger charge is 2.18. The minimum Gasteiger partial charge on any atom is -0.339 e. The van der Waals surface area contributed by atoms with E-state index >= 15 is 0 Å². The van der Waals surface area contributed by atoms with Crippen LogP contribution in [-0.2, 0) is 4.79 Å². The molecule has 2 aliphatic rings. The molecule has 19 heavy (non-hydrogen) atoms. The third kappa shape index (κ3) is 5.30. The maximum absolute atomic E-state index is 12.0. The summed E-state index contributed by atoms with van der Waals surface area (Å²) in [5.41, 5.74) is 0. The number of hydrogen-bond donors (Lipinski definition) is 1. The van der Waals surface area contributed by atoms with Crippen molar-refractivity contribution < 1.29 is 4.79 Å². The number of hydrogen-bond acceptors (Lipinski definition) is 5. The quantitative estimate of drug-likeness (QED) is 0.683. The van der Waals surface area contributed by atoms with Crippen LogP contribution in [0.2, 0.25) is 0 Å². The van der Waals surface area contributed by atoms with Gasteiger partial charge in [-0.2, -0.15) is 11.8 Å². The van der Waals surface area contributed by atoms with Gasteiger partial charge in [-0.1, -0.05) is 0 Å². The summed E-state index contributed by atoms with van der Waals surface area (Å²) in [5, 5.41) is 3.29. The van der Waals surface area contributed by atoms with Gasteiger partial charge < -0.3 is 20.0 Å². The predicted octanol–water partition coefficient (Wildman–Crippen LogP) is -0.601. The van der Waals surface area contributed by atoms with Crippen LogP contribution >= 0.6 is 11.8 Å². The predicted molar refractivity (Wildman–Crippen MR) is 80.7 cm³/mol. The summed E-state index contributed by atoms with van der Waals surface area (Å²) in [6, 6.07) is 0. The van der Waals surface area contributed by atoms with E-state index in [1.165, 1.54) is 24.6 Å². The summed E-state index contributed by atoms with van der Waals surface area (Å²) in [5.74, 6) is 2.75. The first kappa shape index (κ1) is 15.1. The lowest BCUT2D eigenvalue weighted by Gasteiger charge is -2.32. The van der Waals surface area contributed by atoms with Crippen LogP contribution in [-0.4, -0.2) is 98.1 Å². The zero-order chi connectivity index (χ0) is 13.5. The lowest BCUT2D eigenvalue weighted by atomic mass is 10.3. The molecule has 0 aliphatic carbocycles. The number of piperazine rings is 1. The summed E-state index contributed by atoms with van der Waals surface area (Å²) in [6.07, 6.45) is 0. The third-order valence-electron chi connectivity index (χ3n) is 3.84. The number of likely N-dealkylation sites (N-methyl/N-ethyl adjacent to an activating group) is 1. The largest absolute Gasteiger partial charge is 0.339 e. The summed E-state index contributed by atoms with van der Waals surface area (Å²) in [7, 11) is 2.11. The number of carbonyl (C=O) groups excluding carboxylic acids is 1. The molecule has 2 fully saturated rings. The zero-order valence-corrected chi connectivity index (χ0v) is 12.8. The second-order valence-corrected chi connectivity index (χ2v) is 6.54. The van der Waals surface area contributed by atoms with Crippen molar-refractivity contribution in [2.24, 2.45) is 0 Å². The topological polar surface area (TPSA) is 38.8 Å². The molecule has 0 saturated carbocycles. The first-order chi connectivity index (χ1) is 9.25. The molecule has 5 nitrogen and oxygen atoms in total. The Balaban J connectivity index is 1.53. The number of nitrogens with zero attached hydrogens (tertiary/aromatic N) is 3. The van der Waals surface area contributed by atoms with Gasteiger partial charge in [-0.3, -0.25) is 4.79 Å². The van der Waals surface area contributed by atoms with Crippen molar-refractivity contribution in [2.45, 2.75) is 0 Å². The van der Waals surface area contributed by atoms with Crippen LogP contribution in [0.3, 0.4) is 0 Å². The molecule has 0 spiro atoms. The number of nitrogens with one attached hydrogen (secondary N) is 1. The van der Waals surface area contributed by atoms with Crippen LogP contribution < -0.4 is 5.32 Å². The Morgan fingerprint density at radius 1 is 1.11 bits per heavy atom. The van der Waals surface area contributed by atoms with Gasteiger partial charge in [0, 0.05) is 63.9 Å². The molecule has 2 heterocycles. The van der Waals surface area contributed by atoms with Gasteiger partial charge in [0.1, 0.15) is 0 Å². The highest BCUT2D eigenvalue weighted by Crippen LogP contribution is 2.07. The molecule has 2 aliphatic heterocycles. The molecule has 0 aromatic heterocycles. The van der Waals surface area contributed by atoms with Crippen LogP contribution in [0.1, 0.15) is 0 Å². The van der Waals surface area contributed by atoms with Gasteiger partial charge in [-0.25, -0.2) is 0 Å². The Kier molecular flexibility index (Phi) is 6.43. The monoisotopic (exact) mass is 286 g/mol. The third-order valence-corrected chi connectivity index (χ3v) is 4.78. The van der Waals surface area contributed by atoms with Crippen LogP contribution in [0.4, 0.5) is 0 Å².